The molecule has 1 aromatic carbocycles. The van der Waals surface area contributed by atoms with E-state index in [0.717, 1.165) is 5.56 Å². The fraction of sp³-hybridized carbons (Fsp3) is 0.0909. The third-order valence-electron chi connectivity index (χ3n) is 2.18. The summed E-state index contributed by atoms with van der Waals surface area (Å²) < 4.78 is 0.429. The Kier molecular flexibility index (Phi) is 3.71. The smallest absolute Gasteiger partial charge is 0.263 e. The van der Waals surface area contributed by atoms with Gasteiger partial charge in [0.1, 0.15) is 10.1 Å². The van der Waals surface area contributed by atoms with Crippen molar-refractivity contribution >= 4 is 51.9 Å². The predicted molar refractivity (Wildman–Crippen MR) is 74.0 cm³/mol. The number of hydrogen-bond donors (Lipinski definition) is 2. The molecule has 17 heavy (non-hydrogen) atoms. The van der Waals surface area contributed by atoms with Gasteiger partial charge < -0.3 is 10.4 Å². The van der Waals surface area contributed by atoms with Crippen molar-refractivity contribution in [2.24, 2.45) is 0 Å². The minimum atomic E-state index is -0.235. The van der Waals surface area contributed by atoms with Gasteiger partial charge in [-0.2, -0.15) is 0 Å². The zero-order valence-electron chi connectivity index (χ0n) is 8.57. The van der Waals surface area contributed by atoms with E-state index in [1.165, 1.54) is 11.8 Å². The number of hydrogen-bond acceptors (Lipinski definition) is 4. The van der Waals surface area contributed by atoms with Crippen LogP contribution in [0.25, 0.3) is 6.08 Å². The van der Waals surface area contributed by atoms with Gasteiger partial charge in [0.2, 0.25) is 0 Å². The fourth-order valence-electron chi connectivity index (χ4n) is 1.36. The van der Waals surface area contributed by atoms with E-state index in [4.69, 9.17) is 23.8 Å². The summed E-state index contributed by atoms with van der Waals surface area (Å²) in [5.74, 6) is 0.201. The van der Waals surface area contributed by atoms with E-state index in [9.17, 15) is 9.90 Å². The van der Waals surface area contributed by atoms with Crippen LogP contribution in [0.4, 0.5) is 0 Å². The van der Waals surface area contributed by atoms with Crippen molar-refractivity contribution in [3.8, 4) is 5.75 Å². The number of carbonyl (C=O) groups is 1. The lowest BCUT2D eigenvalue weighted by molar-refractivity contribution is -0.115. The van der Waals surface area contributed by atoms with Crippen LogP contribution in [0.15, 0.2) is 23.1 Å². The Labute approximate surface area is 113 Å². The highest BCUT2D eigenvalue weighted by atomic mass is 35.5. The molecule has 1 amide bonds. The maximum absolute atomic E-state index is 11.4. The normalized spacial score (nSPS) is 17.6. The molecular weight excluding hydrogens is 278 g/mol. The van der Waals surface area contributed by atoms with Crippen molar-refractivity contribution in [3.63, 3.8) is 0 Å². The number of carbonyl (C=O) groups excluding carboxylic acids is 1. The topological polar surface area (TPSA) is 49.3 Å². The second-order valence-corrected chi connectivity index (χ2v) is 5.37. The number of thioether (sulfide) groups is 1. The van der Waals surface area contributed by atoms with Gasteiger partial charge in [-0.1, -0.05) is 36.1 Å². The Morgan fingerprint density at radius 1 is 1.53 bits per heavy atom. The standard InChI is InChI=1S/C11H8ClNO2S2/c12-5-6-1-2-7(8(14)3-6)4-9-10(15)13-11(16)17-9/h1-4,14H,5H2,(H,13,15,16). The number of phenolic OH excluding ortho intramolecular Hbond substituents is 1. The summed E-state index contributed by atoms with van der Waals surface area (Å²) in [7, 11) is 0. The van der Waals surface area contributed by atoms with E-state index in [0.29, 0.717) is 20.7 Å². The molecule has 2 N–H and O–H groups in total. The number of aromatic hydroxyl groups is 1. The lowest BCUT2D eigenvalue weighted by Crippen LogP contribution is -2.17. The van der Waals surface area contributed by atoms with Crippen LogP contribution in [0.2, 0.25) is 0 Å². The maximum atomic E-state index is 11.4. The molecule has 0 unspecified atom stereocenters. The number of amides is 1. The molecule has 2 rings (SSSR count). The highest BCUT2D eigenvalue weighted by molar-refractivity contribution is 8.26. The molecule has 1 aromatic rings. The van der Waals surface area contributed by atoms with Gasteiger partial charge in [-0.05, 0) is 17.7 Å². The Hall–Kier alpha value is -1.04. The summed E-state index contributed by atoms with van der Waals surface area (Å²) in [4.78, 5) is 11.9. The number of nitrogens with one attached hydrogen (secondary N) is 1. The van der Waals surface area contributed by atoms with Crippen LogP contribution < -0.4 is 5.32 Å². The molecule has 0 atom stereocenters. The van der Waals surface area contributed by atoms with E-state index in [1.807, 2.05) is 0 Å². The van der Waals surface area contributed by atoms with Gasteiger partial charge in [0.15, 0.2) is 0 Å². The summed E-state index contributed by atoms with van der Waals surface area (Å²) >= 11 is 11.7. The monoisotopic (exact) mass is 285 g/mol. The lowest BCUT2D eigenvalue weighted by Gasteiger charge is -2.02. The van der Waals surface area contributed by atoms with Crippen LogP contribution in [0.1, 0.15) is 11.1 Å². The zero-order chi connectivity index (χ0) is 12.4. The van der Waals surface area contributed by atoms with E-state index in [-0.39, 0.29) is 11.7 Å². The Bertz CT molecular complexity index is 528. The molecule has 0 aliphatic carbocycles. The summed E-state index contributed by atoms with van der Waals surface area (Å²) in [6.07, 6.45) is 1.60. The van der Waals surface area contributed by atoms with Gasteiger partial charge in [-0.25, -0.2) is 0 Å². The van der Waals surface area contributed by atoms with Crippen molar-refractivity contribution in [2.45, 2.75) is 5.88 Å². The molecular formula is C11H8ClNO2S2. The molecule has 88 valence electrons. The maximum Gasteiger partial charge on any atom is 0.263 e. The number of benzene rings is 1. The van der Waals surface area contributed by atoms with Gasteiger partial charge in [-0.3, -0.25) is 4.79 Å². The van der Waals surface area contributed by atoms with Crippen LogP contribution in [0, 0.1) is 0 Å². The van der Waals surface area contributed by atoms with E-state index < -0.39 is 0 Å². The number of phenols is 1. The van der Waals surface area contributed by atoms with Crippen molar-refractivity contribution in [3.05, 3.63) is 34.2 Å². The first-order valence-electron chi connectivity index (χ1n) is 4.73. The molecule has 0 bridgehead atoms. The molecule has 0 saturated carbocycles. The summed E-state index contributed by atoms with van der Waals surface area (Å²) in [5.41, 5.74) is 1.39. The number of halogens is 1. The minimum Gasteiger partial charge on any atom is -0.507 e. The van der Waals surface area contributed by atoms with Gasteiger partial charge in [0.05, 0.1) is 4.91 Å². The first-order chi connectivity index (χ1) is 8.10. The van der Waals surface area contributed by atoms with E-state index in [2.05, 4.69) is 5.32 Å². The first kappa shape index (κ1) is 12.4. The minimum absolute atomic E-state index is 0.0990. The van der Waals surface area contributed by atoms with Crippen molar-refractivity contribution < 1.29 is 9.90 Å². The van der Waals surface area contributed by atoms with Crippen LogP contribution >= 0.6 is 35.6 Å². The second-order valence-electron chi connectivity index (χ2n) is 3.38. The van der Waals surface area contributed by atoms with Gasteiger partial charge in [-0.15, -0.1) is 11.6 Å². The zero-order valence-corrected chi connectivity index (χ0v) is 11.0. The van der Waals surface area contributed by atoms with E-state index in [1.54, 1.807) is 24.3 Å². The predicted octanol–water partition coefficient (Wildman–Crippen LogP) is 2.62. The highest BCUT2D eigenvalue weighted by Gasteiger charge is 2.22. The molecule has 1 heterocycles. The summed E-state index contributed by atoms with van der Waals surface area (Å²) in [5, 5.41) is 12.3. The number of rotatable bonds is 2. The van der Waals surface area contributed by atoms with Crippen molar-refractivity contribution in [2.75, 3.05) is 0 Å². The third-order valence-corrected chi connectivity index (χ3v) is 3.65. The SMILES string of the molecule is O=C1NC(=S)SC1=Cc1ccc(CCl)cc1O. The third kappa shape index (κ3) is 2.80. The highest BCUT2D eigenvalue weighted by Crippen LogP contribution is 2.29. The molecule has 0 spiro atoms. The van der Waals surface area contributed by atoms with Crippen LogP contribution in [-0.2, 0) is 10.7 Å². The quantitative estimate of drug-likeness (QED) is 0.498. The molecule has 1 aliphatic rings. The van der Waals surface area contributed by atoms with Gasteiger partial charge >= 0.3 is 0 Å². The molecule has 1 saturated heterocycles. The average Bonchev–Trinajstić information content (AvgIpc) is 2.60. The molecule has 0 aromatic heterocycles. The summed E-state index contributed by atoms with van der Waals surface area (Å²) in [6, 6.07) is 5.10. The van der Waals surface area contributed by atoms with Crippen molar-refractivity contribution in [1.29, 1.82) is 0 Å². The average molecular weight is 286 g/mol. The first-order valence-corrected chi connectivity index (χ1v) is 6.49. The second kappa shape index (κ2) is 5.08. The number of alkyl halides is 1. The Balaban J connectivity index is 2.33. The number of thiocarbonyl (C=S) groups is 1. The van der Waals surface area contributed by atoms with Crippen LogP contribution in [0.3, 0.4) is 0 Å². The molecule has 0 radical (unpaired) electrons. The fourth-order valence-corrected chi connectivity index (χ4v) is 2.56. The Morgan fingerprint density at radius 3 is 2.82 bits per heavy atom. The molecule has 6 heteroatoms. The van der Waals surface area contributed by atoms with Crippen molar-refractivity contribution in [1.82, 2.24) is 5.32 Å². The summed E-state index contributed by atoms with van der Waals surface area (Å²) in [6.45, 7) is 0. The van der Waals surface area contributed by atoms with E-state index >= 15 is 0 Å². The van der Waals surface area contributed by atoms with Crippen LogP contribution in [-0.4, -0.2) is 15.3 Å². The molecule has 1 aliphatic heterocycles. The van der Waals surface area contributed by atoms with Gasteiger partial charge in [0.25, 0.3) is 5.91 Å². The largest absolute Gasteiger partial charge is 0.507 e. The molecule has 3 nitrogen and oxygen atoms in total. The van der Waals surface area contributed by atoms with Gasteiger partial charge in [0, 0.05) is 11.4 Å². The lowest BCUT2D eigenvalue weighted by atomic mass is 10.1. The Morgan fingerprint density at radius 2 is 2.29 bits per heavy atom. The molecule has 1 fully saturated rings. The van der Waals surface area contributed by atoms with Crippen LogP contribution in [0.5, 0.6) is 5.75 Å².